The summed E-state index contributed by atoms with van der Waals surface area (Å²) in [5.74, 6) is 0. The zero-order valence-corrected chi connectivity index (χ0v) is 14.3. The summed E-state index contributed by atoms with van der Waals surface area (Å²) >= 11 is 0. The Kier molecular flexibility index (Phi) is 6.86. The Morgan fingerprint density at radius 2 is 2.04 bits per heavy atom. The molecule has 23 heavy (non-hydrogen) atoms. The molecule has 5 heteroatoms. The molecule has 128 valence electrons. The Morgan fingerprint density at radius 3 is 2.74 bits per heavy atom. The lowest BCUT2D eigenvalue weighted by atomic mass is 10.1. The highest BCUT2D eigenvalue weighted by atomic mass is 16.3. The minimum absolute atomic E-state index is 0.142. The number of carbonyl (C=O) groups is 1. The molecule has 1 aromatic carbocycles. The van der Waals surface area contributed by atoms with Crippen LogP contribution in [0.4, 0.5) is 10.5 Å². The number of unbranched alkanes of at least 4 members (excludes halogenated alkanes) is 1. The zero-order valence-electron chi connectivity index (χ0n) is 14.3. The van der Waals surface area contributed by atoms with Crippen molar-refractivity contribution in [2.24, 2.45) is 0 Å². The average Bonchev–Trinajstić information content (AvgIpc) is 2.98. The summed E-state index contributed by atoms with van der Waals surface area (Å²) < 4.78 is 0. The third-order valence-electron chi connectivity index (χ3n) is 4.59. The van der Waals surface area contributed by atoms with Gasteiger partial charge in [0.05, 0.1) is 6.61 Å². The molecule has 0 radical (unpaired) electrons. The molecule has 2 amide bonds. The first-order valence-electron chi connectivity index (χ1n) is 8.58. The van der Waals surface area contributed by atoms with Crippen LogP contribution < -0.4 is 10.6 Å². The number of nitrogens with zero attached hydrogens (tertiary/aromatic N) is 1. The number of hydrogen-bond acceptors (Lipinski definition) is 3. The van der Waals surface area contributed by atoms with Gasteiger partial charge in [0.2, 0.25) is 0 Å². The summed E-state index contributed by atoms with van der Waals surface area (Å²) in [6.07, 6.45) is 4.28. The van der Waals surface area contributed by atoms with Gasteiger partial charge in [-0.25, -0.2) is 4.79 Å². The molecule has 1 fully saturated rings. The molecule has 0 aliphatic carbocycles. The maximum atomic E-state index is 12.0. The Bertz CT molecular complexity index is 499. The molecule has 1 unspecified atom stereocenters. The first-order chi connectivity index (χ1) is 11.1. The van der Waals surface area contributed by atoms with Crippen LogP contribution in [0, 0.1) is 13.8 Å². The highest BCUT2D eigenvalue weighted by molar-refractivity contribution is 5.90. The number of para-hydroxylation sites is 1. The van der Waals surface area contributed by atoms with Crippen molar-refractivity contribution in [3.63, 3.8) is 0 Å². The third-order valence-corrected chi connectivity index (χ3v) is 4.59. The largest absolute Gasteiger partial charge is 0.395 e. The van der Waals surface area contributed by atoms with E-state index in [0.717, 1.165) is 49.2 Å². The SMILES string of the molecule is Cc1cccc(C)c1NC(=O)NCCCCN1CCCC1CO. The molecule has 0 bridgehead atoms. The second-order valence-corrected chi connectivity index (χ2v) is 6.37. The second kappa shape index (κ2) is 8.89. The minimum atomic E-state index is -0.142. The van der Waals surface area contributed by atoms with Crippen molar-refractivity contribution in [2.45, 2.75) is 45.6 Å². The molecule has 1 aromatic rings. The van der Waals surface area contributed by atoms with Gasteiger partial charge >= 0.3 is 6.03 Å². The van der Waals surface area contributed by atoms with Gasteiger partial charge in [-0.15, -0.1) is 0 Å². The van der Waals surface area contributed by atoms with Gasteiger partial charge < -0.3 is 15.7 Å². The number of urea groups is 1. The normalized spacial score (nSPS) is 18.1. The third kappa shape index (κ3) is 5.22. The topological polar surface area (TPSA) is 64.6 Å². The van der Waals surface area contributed by atoms with Crippen LogP contribution in [0.15, 0.2) is 18.2 Å². The number of aliphatic hydroxyl groups excluding tert-OH is 1. The van der Waals surface area contributed by atoms with Gasteiger partial charge in [0, 0.05) is 18.3 Å². The van der Waals surface area contributed by atoms with Crippen molar-refractivity contribution >= 4 is 11.7 Å². The molecular weight excluding hydrogens is 290 g/mol. The number of benzene rings is 1. The lowest BCUT2D eigenvalue weighted by molar-refractivity contribution is 0.157. The summed E-state index contributed by atoms with van der Waals surface area (Å²) in [5.41, 5.74) is 3.04. The summed E-state index contributed by atoms with van der Waals surface area (Å²) in [6, 6.07) is 6.19. The fraction of sp³-hybridized carbons (Fsp3) is 0.611. The smallest absolute Gasteiger partial charge is 0.319 e. The van der Waals surface area contributed by atoms with Crippen molar-refractivity contribution in [1.82, 2.24) is 10.2 Å². The first-order valence-corrected chi connectivity index (χ1v) is 8.58. The number of aliphatic hydroxyl groups is 1. The number of carbonyl (C=O) groups excluding carboxylic acids is 1. The van der Waals surface area contributed by atoms with Gasteiger partial charge in [0.1, 0.15) is 0 Å². The number of hydrogen-bond donors (Lipinski definition) is 3. The van der Waals surface area contributed by atoms with Gasteiger partial charge in [0.15, 0.2) is 0 Å². The van der Waals surface area contributed by atoms with Gasteiger partial charge in [0.25, 0.3) is 0 Å². The Balaban J connectivity index is 1.63. The van der Waals surface area contributed by atoms with Crippen LogP contribution in [0.1, 0.15) is 36.8 Å². The molecule has 0 aromatic heterocycles. The van der Waals surface area contributed by atoms with Crippen LogP contribution in [-0.2, 0) is 0 Å². The minimum Gasteiger partial charge on any atom is -0.395 e. The van der Waals surface area contributed by atoms with Crippen molar-refractivity contribution in [3.05, 3.63) is 29.3 Å². The number of aryl methyl sites for hydroxylation is 2. The van der Waals surface area contributed by atoms with E-state index in [2.05, 4.69) is 15.5 Å². The molecule has 1 atom stereocenters. The number of nitrogens with one attached hydrogen (secondary N) is 2. The van der Waals surface area contributed by atoms with E-state index in [-0.39, 0.29) is 12.6 Å². The predicted molar refractivity (Wildman–Crippen MR) is 93.9 cm³/mol. The quantitative estimate of drug-likeness (QED) is 0.677. The number of amides is 2. The van der Waals surface area contributed by atoms with E-state index in [4.69, 9.17) is 0 Å². The predicted octanol–water partition coefficient (Wildman–Crippen LogP) is 2.66. The Morgan fingerprint density at radius 1 is 1.30 bits per heavy atom. The van der Waals surface area contributed by atoms with E-state index in [1.807, 2.05) is 32.0 Å². The first kappa shape index (κ1) is 17.8. The van der Waals surface area contributed by atoms with Crippen LogP contribution in [0.5, 0.6) is 0 Å². The highest BCUT2D eigenvalue weighted by Gasteiger charge is 2.22. The van der Waals surface area contributed by atoms with E-state index in [1.165, 1.54) is 6.42 Å². The number of anilines is 1. The van der Waals surface area contributed by atoms with Crippen LogP contribution in [0.3, 0.4) is 0 Å². The monoisotopic (exact) mass is 319 g/mol. The lowest BCUT2D eigenvalue weighted by Crippen LogP contribution is -2.34. The fourth-order valence-corrected chi connectivity index (χ4v) is 3.21. The molecule has 1 aliphatic rings. The van der Waals surface area contributed by atoms with Crippen LogP contribution in [0.25, 0.3) is 0 Å². The zero-order chi connectivity index (χ0) is 16.7. The lowest BCUT2D eigenvalue weighted by Gasteiger charge is -2.22. The van der Waals surface area contributed by atoms with E-state index >= 15 is 0 Å². The summed E-state index contributed by atoms with van der Waals surface area (Å²) in [5, 5.41) is 15.1. The number of likely N-dealkylation sites (tertiary alicyclic amines) is 1. The van der Waals surface area contributed by atoms with E-state index in [1.54, 1.807) is 0 Å². The average molecular weight is 319 g/mol. The van der Waals surface area contributed by atoms with Gasteiger partial charge in [-0.2, -0.15) is 0 Å². The van der Waals surface area contributed by atoms with Crippen LogP contribution in [0.2, 0.25) is 0 Å². The molecule has 1 heterocycles. The number of rotatable bonds is 7. The van der Waals surface area contributed by atoms with Crippen molar-refractivity contribution in [2.75, 3.05) is 31.6 Å². The Labute approximate surface area is 139 Å². The van der Waals surface area contributed by atoms with Gasteiger partial charge in [-0.3, -0.25) is 4.90 Å². The van der Waals surface area contributed by atoms with E-state index in [9.17, 15) is 9.90 Å². The van der Waals surface area contributed by atoms with Crippen molar-refractivity contribution in [1.29, 1.82) is 0 Å². The molecule has 1 saturated heterocycles. The summed E-state index contributed by atoms with van der Waals surface area (Å²) in [4.78, 5) is 14.3. The maximum Gasteiger partial charge on any atom is 0.319 e. The molecular formula is C18H29N3O2. The fourth-order valence-electron chi connectivity index (χ4n) is 3.21. The van der Waals surface area contributed by atoms with E-state index in [0.29, 0.717) is 12.6 Å². The highest BCUT2D eigenvalue weighted by Crippen LogP contribution is 2.19. The van der Waals surface area contributed by atoms with Crippen LogP contribution >= 0.6 is 0 Å². The summed E-state index contributed by atoms with van der Waals surface area (Å²) in [6.45, 7) is 7.02. The standard InChI is InChI=1S/C18H29N3O2/c1-14-7-5-8-15(2)17(14)20-18(23)19-10-3-4-11-21-12-6-9-16(21)13-22/h5,7-8,16,22H,3-4,6,9-13H2,1-2H3,(H2,19,20,23). The van der Waals surface area contributed by atoms with Crippen molar-refractivity contribution in [3.8, 4) is 0 Å². The Hall–Kier alpha value is -1.59. The van der Waals surface area contributed by atoms with Crippen LogP contribution in [-0.4, -0.2) is 48.3 Å². The molecule has 3 N–H and O–H groups in total. The summed E-state index contributed by atoms with van der Waals surface area (Å²) in [7, 11) is 0. The second-order valence-electron chi connectivity index (χ2n) is 6.37. The van der Waals surface area contributed by atoms with Gasteiger partial charge in [-0.1, -0.05) is 18.2 Å². The molecule has 5 nitrogen and oxygen atoms in total. The van der Waals surface area contributed by atoms with E-state index < -0.39 is 0 Å². The molecule has 1 aliphatic heterocycles. The molecule has 2 rings (SSSR count). The molecule has 0 spiro atoms. The molecule has 0 saturated carbocycles. The van der Waals surface area contributed by atoms with Gasteiger partial charge in [-0.05, 0) is 63.7 Å². The van der Waals surface area contributed by atoms with Crippen molar-refractivity contribution < 1.29 is 9.90 Å². The maximum absolute atomic E-state index is 12.0.